The molecule has 1 atom stereocenters. The van der Waals surface area contributed by atoms with Crippen LogP contribution in [0.4, 0.5) is 4.39 Å². The van der Waals surface area contributed by atoms with E-state index in [4.69, 9.17) is 0 Å². The van der Waals surface area contributed by atoms with Crippen molar-refractivity contribution >= 4 is 27.7 Å². The molecule has 0 radical (unpaired) electrons. The second-order valence-corrected chi connectivity index (χ2v) is 9.00. The summed E-state index contributed by atoms with van der Waals surface area (Å²) in [5, 5.41) is 0. The highest BCUT2D eigenvalue weighted by molar-refractivity contribution is 9.10. The minimum absolute atomic E-state index is 0.0549. The molecule has 1 saturated heterocycles. The van der Waals surface area contributed by atoms with Crippen molar-refractivity contribution in [1.82, 2.24) is 9.80 Å². The van der Waals surface area contributed by atoms with Crippen molar-refractivity contribution in [1.29, 1.82) is 0 Å². The van der Waals surface area contributed by atoms with E-state index >= 15 is 0 Å². The normalized spacial score (nSPS) is 17.5. The first kappa shape index (κ1) is 21.6. The van der Waals surface area contributed by atoms with Gasteiger partial charge < -0.3 is 9.80 Å². The van der Waals surface area contributed by atoms with Crippen LogP contribution in [0.25, 0.3) is 0 Å². The summed E-state index contributed by atoms with van der Waals surface area (Å²) in [6, 6.07) is 4.71. The molecule has 0 aromatic heterocycles. The van der Waals surface area contributed by atoms with Crippen LogP contribution in [0.3, 0.4) is 0 Å². The third-order valence-corrected chi connectivity index (χ3v) is 5.22. The number of hydrogen-bond donors (Lipinski definition) is 0. The van der Waals surface area contributed by atoms with Gasteiger partial charge in [-0.3, -0.25) is 9.59 Å². The smallest absolute Gasteiger partial charge is 0.228 e. The Labute approximate surface area is 169 Å². The Balaban J connectivity index is 2.14. The molecule has 1 fully saturated rings. The zero-order valence-electron chi connectivity index (χ0n) is 16.3. The van der Waals surface area contributed by atoms with Crippen LogP contribution in [0.1, 0.15) is 39.2 Å². The molecular weight excluding hydrogens is 411 g/mol. The third-order valence-electron chi connectivity index (χ3n) is 4.73. The third kappa shape index (κ3) is 5.64. The van der Waals surface area contributed by atoms with Gasteiger partial charge in [-0.25, -0.2) is 4.39 Å². The van der Waals surface area contributed by atoms with Gasteiger partial charge in [-0.05, 0) is 31.0 Å². The van der Waals surface area contributed by atoms with Crippen LogP contribution < -0.4 is 0 Å². The molecule has 1 unspecified atom stereocenters. The van der Waals surface area contributed by atoms with E-state index < -0.39 is 5.41 Å². The van der Waals surface area contributed by atoms with Crippen LogP contribution in [-0.4, -0.2) is 41.2 Å². The van der Waals surface area contributed by atoms with Gasteiger partial charge >= 0.3 is 0 Å². The zero-order valence-corrected chi connectivity index (χ0v) is 17.9. The van der Waals surface area contributed by atoms with Crippen molar-refractivity contribution in [2.24, 2.45) is 11.3 Å². The highest BCUT2D eigenvalue weighted by atomic mass is 79.9. The van der Waals surface area contributed by atoms with Crippen molar-refractivity contribution in [3.05, 3.63) is 46.7 Å². The second-order valence-electron chi connectivity index (χ2n) is 8.08. The summed E-state index contributed by atoms with van der Waals surface area (Å²) in [5.74, 6) is -0.595. The van der Waals surface area contributed by atoms with Crippen LogP contribution in [0.5, 0.6) is 0 Å². The van der Waals surface area contributed by atoms with Crippen molar-refractivity contribution in [2.45, 2.75) is 40.2 Å². The van der Waals surface area contributed by atoms with Gasteiger partial charge in [-0.15, -0.1) is 6.58 Å². The molecule has 1 aromatic rings. The van der Waals surface area contributed by atoms with Crippen molar-refractivity contribution in [3.63, 3.8) is 0 Å². The van der Waals surface area contributed by atoms with Crippen molar-refractivity contribution < 1.29 is 14.0 Å². The predicted octanol–water partition coefficient (Wildman–Crippen LogP) is 4.39. The maximum Gasteiger partial charge on any atom is 0.228 e. The van der Waals surface area contributed by atoms with Crippen LogP contribution in [0.2, 0.25) is 0 Å². The van der Waals surface area contributed by atoms with Crippen LogP contribution in [0, 0.1) is 17.2 Å². The van der Waals surface area contributed by atoms with Gasteiger partial charge in [0.25, 0.3) is 0 Å². The monoisotopic (exact) mass is 438 g/mol. The van der Waals surface area contributed by atoms with Crippen molar-refractivity contribution in [2.75, 3.05) is 19.6 Å². The quantitative estimate of drug-likeness (QED) is 0.639. The molecule has 148 valence electrons. The first-order valence-electron chi connectivity index (χ1n) is 9.26. The molecule has 1 aromatic carbocycles. The van der Waals surface area contributed by atoms with E-state index in [1.807, 2.05) is 20.8 Å². The average molecular weight is 439 g/mol. The number of benzene rings is 1. The van der Waals surface area contributed by atoms with E-state index in [-0.39, 0.29) is 30.1 Å². The maximum atomic E-state index is 14.1. The minimum atomic E-state index is -0.467. The number of likely N-dealkylation sites (tertiary alicyclic amines) is 1. The number of piperidine rings is 1. The van der Waals surface area contributed by atoms with E-state index in [0.29, 0.717) is 25.2 Å². The zero-order chi connectivity index (χ0) is 20.2. The van der Waals surface area contributed by atoms with Crippen LogP contribution >= 0.6 is 15.9 Å². The summed E-state index contributed by atoms with van der Waals surface area (Å²) in [7, 11) is 0. The number of halogens is 2. The molecule has 6 heteroatoms. The lowest BCUT2D eigenvalue weighted by Crippen LogP contribution is -2.49. The lowest BCUT2D eigenvalue weighted by Gasteiger charge is -2.37. The highest BCUT2D eigenvalue weighted by Crippen LogP contribution is 2.26. The fourth-order valence-corrected chi connectivity index (χ4v) is 3.76. The largest absolute Gasteiger partial charge is 0.341 e. The highest BCUT2D eigenvalue weighted by Gasteiger charge is 2.34. The van der Waals surface area contributed by atoms with E-state index in [1.165, 1.54) is 6.07 Å². The summed E-state index contributed by atoms with van der Waals surface area (Å²) < 4.78 is 14.9. The molecule has 1 aliphatic heterocycles. The Morgan fingerprint density at radius 2 is 2.11 bits per heavy atom. The van der Waals surface area contributed by atoms with Gasteiger partial charge in [0.2, 0.25) is 11.8 Å². The molecule has 0 aliphatic carbocycles. The van der Waals surface area contributed by atoms with Gasteiger partial charge in [-0.2, -0.15) is 0 Å². The lowest BCUT2D eigenvalue weighted by molar-refractivity contribution is -0.145. The van der Waals surface area contributed by atoms with Gasteiger partial charge in [0.05, 0.1) is 5.92 Å². The van der Waals surface area contributed by atoms with Crippen molar-refractivity contribution in [3.8, 4) is 0 Å². The summed E-state index contributed by atoms with van der Waals surface area (Å²) in [4.78, 5) is 29.1. The summed E-state index contributed by atoms with van der Waals surface area (Å²) in [5.41, 5.74) is -0.0106. The molecule has 0 bridgehead atoms. The number of rotatable bonds is 5. The van der Waals surface area contributed by atoms with Gasteiger partial charge in [0.1, 0.15) is 5.82 Å². The molecular formula is C21H28BrFN2O2. The number of amides is 2. The molecule has 1 aliphatic rings. The predicted molar refractivity (Wildman–Crippen MR) is 108 cm³/mol. The molecule has 4 nitrogen and oxygen atoms in total. The molecule has 2 rings (SSSR count). The number of hydrogen-bond acceptors (Lipinski definition) is 2. The Morgan fingerprint density at radius 3 is 2.74 bits per heavy atom. The Hall–Kier alpha value is -1.69. The number of carbonyl (C=O) groups is 2. The summed E-state index contributed by atoms with van der Waals surface area (Å²) in [6.07, 6.45) is 3.18. The van der Waals surface area contributed by atoms with E-state index in [9.17, 15) is 14.0 Å². The van der Waals surface area contributed by atoms with E-state index in [2.05, 4.69) is 22.5 Å². The molecule has 0 saturated carbocycles. The first-order chi connectivity index (χ1) is 12.6. The lowest BCUT2D eigenvalue weighted by atomic mass is 9.90. The van der Waals surface area contributed by atoms with Gasteiger partial charge in [-0.1, -0.05) is 42.8 Å². The number of carbonyl (C=O) groups excluding carboxylic acids is 2. The standard InChI is InChI=1S/C21H28BrFN2O2/c1-5-10-24(14-16-12-17(22)8-9-18(16)23)19(26)15-7-6-11-25(13-15)20(27)21(2,3)4/h5,8-9,12,15H,1,6-7,10-11,13-14H2,2-4H3. The molecule has 2 amide bonds. The molecule has 0 spiro atoms. The van der Waals surface area contributed by atoms with E-state index in [0.717, 1.165) is 17.3 Å². The average Bonchev–Trinajstić information content (AvgIpc) is 2.62. The Bertz CT molecular complexity index is 715. The molecule has 27 heavy (non-hydrogen) atoms. The molecule has 0 N–H and O–H groups in total. The Kier molecular flexibility index (Phi) is 7.20. The van der Waals surface area contributed by atoms with Gasteiger partial charge in [0, 0.05) is 41.6 Å². The molecule has 1 heterocycles. The maximum absolute atomic E-state index is 14.1. The van der Waals surface area contributed by atoms with Crippen LogP contribution in [0.15, 0.2) is 35.3 Å². The SMILES string of the molecule is C=CCN(Cc1cc(Br)ccc1F)C(=O)C1CCCN(C(=O)C(C)(C)C)C1. The first-order valence-corrected chi connectivity index (χ1v) is 10.1. The Morgan fingerprint density at radius 1 is 1.41 bits per heavy atom. The fourth-order valence-electron chi connectivity index (χ4n) is 3.35. The minimum Gasteiger partial charge on any atom is -0.341 e. The number of nitrogens with zero attached hydrogens (tertiary/aromatic N) is 2. The van der Waals surface area contributed by atoms with Gasteiger partial charge in [0.15, 0.2) is 0 Å². The summed E-state index contributed by atoms with van der Waals surface area (Å²) in [6.45, 7) is 11.0. The van der Waals surface area contributed by atoms with Crippen LogP contribution in [-0.2, 0) is 16.1 Å². The van der Waals surface area contributed by atoms with E-state index in [1.54, 1.807) is 28.0 Å². The topological polar surface area (TPSA) is 40.6 Å². The fraction of sp³-hybridized carbons (Fsp3) is 0.524. The summed E-state index contributed by atoms with van der Waals surface area (Å²) >= 11 is 3.35. The second kappa shape index (κ2) is 9.00.